The number of carbonyl (C=O) groups is 2. The first-order valence-corrected chi connectivity index (χ1v) is 8.20. The van der Waals surface area contributed by atoms with E-state index < -0.39 is 5.97 Å². The summed E-state index contributed by atoms with van der Waals surface area (Å²) in [6.45, 7) is 1.58. The number of aromatic nitrogens is 2. The molecule has 0 spiro atoms. The van der Waals surface area contributed by atoms with Crippen LogP contribution in [0, 0.1) is 6.92 Å². The molecule has 24 heavy (non-hydrogen) atoms. The molecule has 1 amide bonds. The summed E-state index contributed by atoms with van der Waals surface area (Å²) in [5, 5.41) is 7.07. The molecule has 1 aliphatic carbocycles. The van der Waals surface area contributed by atoms with Gasteiger partial charge in [0.2, 0.25) is 0 Å². The molecular weight excluding hydrogens is 306 g/mol. The number of nitrogens with zero attached hydrogens (tertiary/aromatic N) is 2. The Bertz CT molecular complexity index is 733. The van der Waals surface area contributed by atoms with Crippen LogP contribution in [0.25, 0.3) is 0 Å². The highest BCUT2D eigenvalue weighted by Crippen LogP contribution is 2.31. The normalized spacial score (nSPS) is 14.5. The van der Waals surface area contributed by atoms with Crippen LogP contribution in [0.1, 0.15) is 47.6 Å². The number of carbonyl (C=O) groups excluding carboxylic acids is 2. The molecule has 1 aromatic carbocycles. The SMILES string of the molecule is Cc1cccc(C(=O)OCC(=O)Nc2ccnn2C2CCCC2)c1. The third-order valence-electron chi connectivity index (χ3n) is 4.20. The minimum Gasteiger partial charge on any atom is -0.452 e. The van der Waals surface area contributed by atoms with E-state index in [-0.39, 0.29) is 12.5 Å². The molecule has 126 valence electrons. The molecule has 0 unspecified atom stereocenters. The number of anilines is 1. The molecule has 6 nitrogen and oxygen atoms in total. The monoisotopic (exact) mass is 327 g/mol. The highest BCUT2D eigenvalue weighted by atomic mass is 16.5. The van der Waals surface area contributed by atoms with Crippen molar-refractivity contribution < 1.29 is 14.3 Å². The summed E-state index contributed by atoms with van der Waals surface area (Å²) in [6, 6.07) is 9.18. The highest BCUT2D eigenvalue weighted by molar-refractivity contribution is 5.95. The molecule has 1 saturated carbocycles. The van der Waals surface area contributed by atoms with Gasteiger partial charge in [-0.2, -0.15) is 5.10 Å². The summed E-state index contributed by atoms with van der Waals surface area (Å²) in [5.74, 6) is -0.215. The van der Waals surface area contributed by atoms with Crippen LogP contribution in [0.5, 0.6) is 0 Å². The van der Waals surface area contributed by atoms with E-state index in [0.29, 0.717) is 17.4 Å². The lowest BCUT2D eigenvalue weighted by atomic mass is 10.1. The maximum Gasteiger partial charge on any atom is 0.338 e. The molecule has 0 atom stereocenters. The number of amides is 1. The average Bonchev–Trinajstić information content (AvgIpc) is 3.23. The fourth-order valence-electron chi connectivity index (χ4n) is 3.02. The summed E-state index contributed by atoms with van der Waals surface area (Å²) in [4.78, 5) is 24.0. The second-order valence-corrected chi connectivity index (χ2v) is 6.09. The lowest BCUT2D eigenvalue weighted by Crippen LogP contribution is -2.23. The first-order valence-electron chi connectivity index (χ1n) is 8.20. The first-order chi connectivity index (χ1) is 11.6. The standard InChI is InChI=1S/C18H21N3O3/c1-13-5-4-6-14(11-13)18(23)24-12-17(22)20-16-9-10-19-21(16)15-7-2-3-8-15/h4-6,9-11,15H,2-3,7-8,12H2,1H3,(H,20,22). The van der Waals surface area contributed by atoms with Crippen molar-refractivity contribution in [3.63, 3.8) is 0 Å². The number of esters is 1. The maximum absolute atomic E-state index is 12.1. The van der Waals surface area contributed by atoms with Gasteiger partial charge in [-0.25, -0.2) is 9.48 Å². The highest BCUT2D eigenvalue weighted by Gasteiger charge is 2.20. The van der Waals surface area contributed by atoms with Gasteiger partial charge in [-0.05, 0) is 31.9 Å². The van der Waals surface area contributed by atoms with Gasteiger partial charge in [0, 0.05) is 6.07 Å². The van der Waals surface area contributed by atoms with Crippen molar-refractivity contribution in [2.24, 2.45) is 0 Å². The predicted molar refractivity (Wildman–Crippen MR) is 89.8 cm³/mol. The van der Waals surface area contributed by atoms with Crippen LogP contribution in [-0.4, -0.2) is 28.3 Å². The van der Waals surface area contributed by atoms with E-state index in [0.717, 1.165) is 18.4 Å². The van der Waals surface area contributed by atoms with Gasteiger partial charge in [-0.15, -0.1) is 0 Å². The number of nitrogens with one attached hydrogen (secondary N) is 1. The average molecular weight is 327 g/mol. The maximum atomic E-state index is 12.1. The second kappa shape index (κ2) is 7.29. The largest absolute Gasteiger partial charge is 0.452 e. The van der Waals surface area contributed by atoms with Gasteiger partial charge in [-0.1, -0.05) is 30.5 Å². The smallest absolute Gasteiger partial charge is 0.338 e. The molecule has 0 saturated heterocycles. The molecular formula is C18H21N3O3. The minimum atomic E-state index is -0.502. The molecule has 0 bridgehead atoms. The van der Waals surface area contributed by atoms with Crippen LogP contribution in [0.4, 0.5) is 5.82 Å². The lowest BCUT2D eigenvalue weighted by molar-refractivity contribution is -0.119. The fraction of sp³-hybridized carbons (Fsp3) is 0.389. The van der Waals surface area contributed by atoms with Crippen LogP contribution in [0.2, 0.25) is 0 Å². The summed E-state index contributed by atoms with van der Waals surface area (Å²) in [7, 11) is 0. The summed E-state index contributed by atoms with van der Waals surface area (Å²) in [5.41, 5.74) is 1.41. The van der Waals surface area contributed by atoms with Gasteiger partial charge in [0.25, 0.3) is 5.91 Å². The Labute approximate surface area is 140 Å². The van der Waals surface area contributed by atoms with Crippen LogP contribution in [0.15, 0.2) is 36.5 Å². The number of hydrogen-bond donors (Lipinski definition) is 1. The van der Waals surface area contributed by atoms with Crippen molar-refractivity contribution in [2.45, 2.75) is 38.6 Å². The van der Waals surface area contributed by atoms with E-state index in [1.54, 1.807) is 30.5 Å². The summed E-state index contributed by atoms with van der Waals surface area (Å²) < 4.78 is 6.93. The number of aryl methyl sites for hydroxylation is 1. The van der Waals surface area contributed by atoms with E-state index in [2.05, 4.69) is 10.4 Å². The first kappa shape index (κ1) is 16.2. The topological polar surface area (TPSA) is 73.2 Å². The third kappa shape index (κ3) is 3.82. The van der Waals surface area contributed by atoms with Crippen molar-refractivity contribution in [3.05, 3.63) is 47.7 Å². The molecule has 1 fully saturated rings. The van der Waals surface area contributed by atoms with E-state index >= 15 is 0 Å². The molecule has 3 rings (SSSR count). The molecule has 1 heterocycles. The summed E-state index contributed by atoms with van der Waals surface area (Å²) in [6.07, 6.45) is 6.20. The molecule has 1 N–H and O–H groups in total. The number of rotatable bonds is 5. The second-order valence-electron chi connectivity index (χ2n) is 6.09. The van der Waals surface area contributed by atoms with E-state index in [1.807, 2.05) is 17.7 Å². The van der Waals surface area contributed by atoms with Crippen LogP contribution in [-0.2, 0) is 9.53 Å². The van der Waals surface area contributed by atoms with Gasteiger partial charge in [-0.3, -0.25) is 4.79 Å². The van der Waals surface area contributed by atoms with E-state index in [1.165, 1.54) is 12.8 Å². The van der Waals surface area contributed by atoms with E-state index in [9.17, 15) is 9.59 Å². The Morgan fingerprint density at radius 3 is 2.83 bits per heavy atom. The molecule has 1 aliphatic rings. The zero-order valence-corrected chi connectivity index (χ0v) is 13.7. The van der Waals surface area contributed by atoms with Gasteiger partial charge in [0.05, 0.1) is 17.8 Å². The van der Waals surface area contributed by atoms with Crippen molar-refractivity contribution in [1.29, 1.82) is 0 Å². The molecule has 2 aromatic rings. The predicted octanol–water partition coefficient (Wildman–Crippen LogP) is 3.10. The van der Waals surface area contributed by atoms with Crippen LogP contribution in [0.3, 0.4) is 0 Å². The van der Waals surface area contributed by atoms with Crippen molar-refractivity contribution in [3.8, 4) is 0 Å². The Morgan fingerprint density at radius 2 is 2.08 bits per heavy atom. The lowest BCUT2D eigenvalue weighted by Gasteiger charge is -2.14. The van der Waals surface area contributed by atoms with Crippen LogP contribution < -0.4 is 5.32 Å². The van der Waals surface area contributed by atoms with Gasteiger partial charge in [0.15, 0.2) is 6.61 Å². The minimum absolute atomic E-state index is 0.317. The third-order valence-corrected chi connectivity index (χ3v) is 4.20. The number of ether oxygens (including phenoxy) is 1. The van der Waals surface area contributed by atoms with Gasteiger partial charge >= 0.3 is 5.97 Å². The van der Waals surface area contributed by atoms with Gasteiger partial charge < -0.3 is 10.1 Å². The molecule has 1 aromatic heterocycles. The fourth-order valence-corrected chi connectivity index (χ4v) is 3.02. The van der Waals surface area contributed by atoms with Crippen molar-refractivity contribution in [1.82, 2.24) is 9.78 Å². The Balaban J connectivity index is 1.55. The van der Waals surface area contributed by atoms with Crippen LogP contribution >= 0.6 is 0 Å². The van der Waals surface area contributed by atoms with E-state index in [4.69, 9.17) is 4.74 Å². The molecule has 0 aliphatic heterocycles. The van der Waals surface area contributed by atoms with Crippen molar-refractivity contribution in [2.75, 3.05) is 11.9 Å². The Morgan fingerprint density at radius 1 is 1.29 bits per heavy atom. The Kier molecular flexibility index (Phi) is 4.93. The number of benzene rings is 1. The zero-order valence-electron chi connectivity index (χ0n) is 13.7. The quantitative estimate of drug-likeness (QED) is 0.857. The zero-order chi connectivity index (χ0) is 16.9. The molecule has 6 heteroatoms. The van der Waals surface area contributed by atoms with Crippen molar-refractivity contribution >= 4 is 17.7 Å². The molecule has 0 radical (unpaired) electrons. The Hall–Kier alpha value is -2.63. The summed E-state index contributed by atoms with van der Waals surface area (Å²) >= 11 is 0. The number of hydrogen-bond acceptors (Lipinski definition) is 4. The van der Waals surface area contributed by atoms with Gasteiger partial charge in [0.1, 0.15) is 5.82 Å².